The minimum atomic E-state index is -0.722. The van der Waals surface area contributed by atoms with E-state index in [4.69, 9.17) is 0 Å². The summed E-state index contributed by atoms with van der Waals surface area (Å²) in [5, 5.41) is 14.3. The van der Waals surface area contributed by atoms with E-state index in [2.05, 4.69) is 5.10 Å². The zero-order valence-electron chi connectivity index (χ0n) is 9.89. The van der Waals surface area contributed by atoms with Crippen molar-refractivity contribution in [2.75, 3.05) is 0 Å². The molecule has 1 atom stereocenters. The highest BCUT2D eigenvalue weighted by Gasteiger charge is 2.13. The molecule has 0 aliphatic heterocycles. The van der Waals surface area contributed by atoms with E-state index in [1.165, 1.54) is 12.1 Å². The zero-order chi connectivity index (χ0) is 12.4. The van der Waals surface area contributed by atoms with Crippen molar-refractivity contribution in [1.29, 1.82) is 0 Å². The van der Waals surface area contributed by atoms with Gasteiger partial charge in [-0.15, -0.1) is 0 Å². The van der Waals surface area contributed by atoms with Crippen molar-refractivity contribution in [3.05, 3.63) is 53.1 Å². The van der Waals surface area contributed by atoms with Gasteiger partial charge in [0.05, 0.1) is 11.8 Å². The number of rotatable bonds is 3. The van der Waals surface area contributed by atoms with Crippen LogP contribution in [-0.2, 0) is 13.5 Å². The lowest BCUT2D eigenvalue weighted by molar-refractivity contribution is 0.176. The van der Waals surface area contributed by atoms with E-state index in [0.29, 0.717) is 12.0 Å². The SMILES string of the molecule is Cc1ccc(F)cc1C(O)Cc1ccn(C)n1. The number of benzene rings is 1. The standard InChI is InChI=1S/C13H15FN2O/c1-9-3-4-10(14)7-12(9)13(17)8-11-5-6-16(2)15-11/h3-7,13,17H,8H2,1-2H3. The lowest BCUT2D eigenvalue weighted by atomic mass is 10.00. The van der Waals surface area contributed by atoms with Crippen LogP contribution in [0.1, 0.15) is 22.9 Å². The molecule has 3 nitrogen and oxygen atoms in total. The van der Waals surface area contributed by atoms with E-state index >= 15 is 0 Å². The molecule has 2 aromatic rings. The Morgan fingerprint density at radius 1 is 1.41 bits per heavy atom. The lowest BCUT2D eigenvalue weighted by Gasteiger charge is -2.12. The molecule has 1 heterocycles. The molecule has 1 N–H and O–H groups in total. The van der Waals surface area contributed by atoms with Crippen LogP contribution in [0.3, 0.4) is 0 Å². The second kappa shape index (κ2) is 4.67. The van der Waals surface area contributed by atoms with Crippen LogP contribution < -0.4 is 0 Å². The van der Waals surface area contributed by atoms with Gasteiger partial charge in [-0.3, -0.25) is 4.68 Å². The Kier molecular flexibility index (Phi) is 3.24. The number of hydrogen-bond acceptors (Lipinski definition) is 2. The molecule has 0 spiro atoms. The number of aliphatic hydroxyl groups is 1. The van der Waals surface area contributed by atoms with Gasteiger partial charge in [-0.25, -0.2) is 4.39 Å². The third kappa shape index (κ3) is 2.71. The van der Waals surface area contributed by atoms with Crippen LogP contribution in [-0.4, -0.2) is 14.9 Å². The molecule has 1 aromatic heterocycles. The Hall–Kier alpha value is -1.68. The van der Waals surface area contributed by atoms with Crippen LogP contribution in [0, 0.1) is 12.7 Å². The topological polar surface area (TPSA) is 38.0 Å². The number of hydrogen-bond donors (Lipinski definition) is 1. The predicted octanol–water partition coefficient (Wildman–Crippen LogP) is 2.14. The number of halogens is 1. The summed E-state index contributed by atoms with van der Waals surface area (Å²) in [6.07, 6.45) is 1.49. The van der Waals surface area contributed by atoms with E-state index in [9.17, 15) is 9.50 Å². The fraction of sp³-hybridized carbons (Fsp3) is 0.308. The van der Waals surface area contributed by atoms with E-state index in [0.717, 1.165) is 11.3 Å². The van der Waals surface area contributed by atoms with Gasteiger partial charge in [-0.2, -0.15) is 5.10 Å². The lowest BCUT2D eigenvalue weighted by Crippen LogP contribution is -2.05. The minimum Gasteiger partial charge on any atom is -0.388 e. The van der Waals surface area contributed by atoms with Crippen molar-refractivity contribution in [3.8, 4) is 0 Å². The van der Waals surface area contributed by atoms with Crippen molar-refractivity contribution in [3.63, 3.8) is 0 Å². The van der Waals surface area contributed by atoms with Crippen LogP contribution in [0.5, 0.6) is 0 Å². The van der Waals surface area contributed by atoms with Gasteiger partial charge in [-0.1, -0.05) is 6.07 Å². The largest absolute Gasteiger partial charge is 0.388 e. The molecule has 0 bridgehead atoms. The number of aliphatic hydroxyl groups excluding tert-OH is 1. The molecule has 0 aliphatic carbocycles. The van der Waals surface area contributed by atoms with Crippen molar-refractivity contribution in [2.45, 2.75) is 19.4 Å². The maximum atomic E-state index is 13.1. The van der Waals surface area contributed by atoms with Crippen molar-refractivity contribution >= 4 is 0 Å². The van der Waals surface area contributed by atoms with Gasteiger partial charge in [0.15, 0.2) is 0 Å². The van der Waals surface area contributed by atoms with Crippen LogP contribution in [0.2, 0.25) is 0 Å². The number of aryl methyl sites for hydroxylation is 2. The highest BCUT2D eigenvalue weighted by Crippen LogP contribution is 2.21. The van der Waals surface area contributed by atoms with Gasteiger partial charge in [0.1, 0.15) is 5.82 Å². The predicted molar refractivity (Wildman–Crippen MR) is 63.0 cm³/mol. The van der Waals surface area contributed by atoms with E-state index < -0.39 is 6.10 Å². The van der Waals surface area contributed by atoms with Crippen LogP contribution in [0.4, 0.5) is 4.39 Å². The van der Waals surface area contributed by atoms with Gasteiger partial charge < -0.3 is 5.11 Å². The van der Waals surface area contributed by atoms with Gasteiger partial charge in [0.2, 0.25) is 0 Å². The first kappa shape index (κ1) is 11.8. The van der Waals surface area contributed by atoms with Crippen LogP contribution >= 0.6 is 0 Å². The molecule has 0 amide bonds. The van der Waals surface area contributed by atoms with Gasteiger partial charge in [-0.05, 0) is 36.2 Å². The smallest absolute Gasteiger partial charge is 0.123 e. The van der Waals surface area contributed by atoms with E-state index in [-0.39, 0.29) is 5.82 Å². The van der Waals surface area contributed by atoms with Gasteiger partial charge in [0, 0.05) is 19.7 Å². The molecule has 2 rings (SSSR count). The highest BCUT2D eigenvalue weighted by atomic mass is 19.1. The average Bonchev–Trinajstić information content (AvgIpc) is 2.67. The van der Waals surface area contributed by atoms with Crippen molar-refractivity contribution in [2.24, 2.45) is 7.05 Å². The Balaban J connectivity index is 2.19. The quantitative estimate of drug-likeness (QED) is 0.883. The summed E-state index contributed by atoms with van der Waals surface area (Å²) >= 11 is 0. The molecule has 90 valence electrons. The second-order valence-corrected chi connectivity index (χ2v) is 4.20. The first-order valence-corrected chi connectivity index (χ1v) is 5.49. The molecule has 4 heteroatoms. The van der Waals surface area contributed by atoms with E-state index in [1.807, 2.05) is 26.2 Å². The summed E-state index contributed by atoms with van der Waals surface area (Å²) < 4.78 is 14.8. The third-order valence-corrected chi connectivity index (χ3v) is 2.77. The Morgan fingerprint density at radius 3 is 2.82 bits per heavy atom. The number of nitrogens with zero attached hydrogens (tertiary/aromatic N) is 2. The fourth-order valence-electron chi connectivity index (χ4n) is 1.85. The summed E-state index contributed by atoms with van der Waals surface area (Å²) in [5.41, 5.74) is 2.30. The maximum absolute atomic E-state index is 13.1. The maximum Gasteiger partial charge on any atom is 0.123 e. The van der Waals surface area contributed by atoms with Gasteiger partial charge >= 0.3 is 0 Å². The van der Waals surface area contributed by atoms with Crippen LogP contribution in [0.25, 0.3) is 0 Å². The first-order chi connectivity index (χ1) is 8.06. The summed E-state index contributed by atoms with van der Waals surface area (Å²) in [7, 11) is 1.82. The molecule has 1 unspecified atom stereocenters. The minimum absolute atomic E-state index is 0.328. The molecule has 0 saturated carbocycles. The molecule has 0 aliphatic rings. The van der Waals surface area contributed by atoms with E-state index in [1.54, 1.807) is 10.7 Å². The van der Waals surface area contributed by atoms with Gasteiger partial charge in [0.25, 0.3) is 0 Å². The molecule has 1 aromatic carbocycles. The summed E-state index contributed by atoms with van der Waals surface area (Å²) in [6, 6.07) is 6.29. The molecule has 17 heavy (non-hydrogen) atoms. The number of aromatic nitrogens is 2. The third-order valence-electron chi connectivity index (χ3n) is 2.77. The molecular formula is C13H15FN2O. The monoisotopic (exact) mass is 234 g/mol. The molecule has 0 fully saturated rings. The molecular weight excluding hydrogens is 219 g/mol. The highest BCUT2D eigenvalue weighted by molar-refractivity contribution is 5.29. The van der Waals surface area contributed by atoms with Crippen LogP contribution in [0.15, 0.2) is 30.5 Å². The zero-order valence-corrected chi connectivity index (χ0v) is 9.89. The average molecular weight is 234 g/mol. The Morgan fingerprint density at radius 2 is 2.18 bits per heavy atom. The summed E-state index contributed by atoms with van der Waals surface area (Å²) in [5.74, 6) is -0.328. The second-order valence-electron chi connectivity index (χ2n) is 4.20. The summed E-state index contributed by atoms with van der Waals surface area (Å²) in [4.78, 5) is 0. The fourth-order valence-corrected chi connectivity index (χ4v) is 1.85. The summed E-state index contributed by atoms with van der Waals surface area (Å²) in [6.45, 7) is 1.86. The molecule has 0 saturated heterocycles. The van der Waals surface area contributed by atoms with Crippen molar-refractivity contribution in [1.82, 2.24) is 9.78 Å². The Bertz CT molecular complexity index is 522. The molecule has 0 radical (unpaired) electrons. The normalized spacial score (nSPS) is 12.7. The Labute approximate surface area is 99.5 Å². The van der Waals surface area contributed by atoms with Crippen molar-refractivity contribution < 1.29 is 9.50 Å². The first-order valence-electron chi connectivity index (χ1n) is 5.49.